The highest BCUT2D eigenvalue weighted by atomic mass is 32.3. The van der Waals surface area contributed by atoms with E-state index in [1.807, 2.05) is 0 Å². The Hall–Kier alpha value is -1.05. The molecule has 58 heavy (non-hydrogen) atoms. The van der Waals surface area contributed by atoms with Crippen LogP contribution in [0, 0.1) is 0 Å². The van der Waals surface area contributed by atoms with E-state index in [9.17, 15) is 60.3 Å². The second-order valence-electron chi connectivity index (χ2n) is 12.8. The minimum atomic E-state index is -5.43. The lowest BCUT2D eigenvalue weighted by atomic mass is 10.00. The van der Waals surface area contributed by atoms with Gasteiger partial charge in [-0.2, -0.15) is 42.1 Å². The fraction of sp³-hybridized carbons (Fsp3) is 1.00. The van der Waals surface area contributed by atoms with Crippen LogP contribution < -0.4 is 11.5 Å². The predicted molar refractivity (Wildman–Crippen MR) is 177 cm³/mol. The zero-order chi connectivity index (χ0) is 43.4. The fourth-order valence-electron chi connectivity index (χ4n) is 6.07. The molecule has 0 saturated carbocycles. The molecule has 4 aliphatic rings. The molecule has 4 heterocycles. The number of ether oxygens (including phenoxy) is 8. The summed E-state index contributed by atoms with van der Waals surface area (Å²) in [4.78, 5) is 0. The summed E-state index contributed by atoms with van der Waals surface area (Å²) in [6.45, 7) is -2.81. The monoisotopic (exact) mass is 954 g/mol. The molecule has 4 aliphatic heterocycles. The van der Waals surface area contributed by atoms with E-state index in [1.165, 1.54) is 0 Å². The lowest BCUT2D eigenvalue weighted by Gasteiger charge is -2.45. The summed E-state index contributed by atoms with van der Waals surface area (Å²) in [6.07, 6.45) is -20.1. The molecule has 0 aromatic heterocycles. The quantitative estimate of drug-likeness (QED) is 0.0599. The van der Waals surface area contributed by atoms with E-state index in [0.717, 1.165) is 7.11 Å². The van der Waals surface area contributed by atoms with Gasteiger partial charge in [-0.25, -0.2) is 20.9 Å². The number of rotatable bonds is 19. The average molecular weight is 955 g/mol. The van der Waals surface area contributed by atoms with Crippen LogP contribution in [0.25, 0.3) is 0 Å². The first-order chi connectivity index (χ1) is 26.6. The van der Waals surface area contributed by atoms with Crippen LogP contribution in [0.5, 0.6) is 0 Å². The molecule has 0 aromatic carbocycles. The summed E-state index contributed by atoms with van der Waals surface area (Å²) in [5, 5.41) is 0. The molecule has 342 valence electrons. The SMILES string of the molecule is CO[C@H]1OC[C@H](O[C@H]2OC(COS(=O)(=O)O)[C@@H](O[C@@H]3OC[C@@H](O[C@H]4OC(COS(=O)(=O)O)CCC4N)CC3OS(=O)(=O)O)CC2N)C(OS(=O)(=O)O)C1OS(=O)(=O)O. The van der Waals surface area contributed by atoms with Crippen molar-refractivity contribution in [3.63, 3.8) is 0 Å². The molecular weight excluding hydrogens is 913 g/mol. The van der Waals surface area contributed by atoms with Crippen LogP contribution in [0.15, 0.2) is 0 Å². The highest BCUT2D eigenvalue weighted by molar-refractivity contribution is 7.81. The average Bonchev–Trinajstić information content (AvgIpc) is 3.05. The first-order valence-corrected chi connectivity index (χ1v) is 23.2. The van der Waals surface area contributed by atoms with Crippen molar-refractivity contribution in [1.29, 1.82) is 0 Å². The van der Waals surface area contributed by atoms with Gasteiger partial charge in [0.25, 0.3) is 0 Å². The Balaban J connectivity index is 1.51. The third-order valence-electron chi connectivity index (χ3n) is 8.38. The normalized spacial score (nSPS) is 37.4. The number of methoxy groups -OCH3 is 1. The summed E-state index contributed by atoms with van der Waals surface area (Å²) >= 11 is 0. The van der Waals surface area contributed by atoms with Crippen molar-refractivity contribution < 1.29 is 124 Å². The van der Waals surface area contributed by atoms with Gasteiger partial charge in [0.05, 0.1) is 56.8 Å². The van der Waals surface area contributed by atoms with Crippen molar-refractivity contribution in [2.45, 2.75) is 112 Å². The van der Waals surface area contributed by atoms with Gasteiger partial charge in [0.15, 0.2) is 31.3 Å². The van der Waals surface area contributed by atoms with Crippen LogP contribution in [0.4, 0.5) is 0 Å². The molecule has 0 spiro atoms. The van der Waals surface area contributed by atoms with Gasteiger partial charge in [-0.3, -0.25) is 22.8 Å². The zero-order valence-electron chi connectivity index (χ0n) is 29.6. The van der Waals surface area contributed by atoms with Gasteiger partial charge < -0.3 is 49.4 Å². The van der Waals surface area contributed by atoms with E-state index in [4.69, 9.17) is 58.1 Å². The molecule has 0 radical (unpaired) electrons. The molecular formula is C23H42N2O28S5. The van der Waals surface area contributed by atoms with Crippen LogP contribution in [0.1, 0.15) is 25.7 Å². The Kier molecular flexibility index (Phi) is 17.1. The number of hydrogen-bond donors (Lipinski definition) is 7. The molecule has 4 rings (SSSR count). The molecule has 0 bridgehead atoms. The maximum atomic E-state index is 11.8. The van der Waals surface area contributed by atoms with Crippen LogP contribution in [0.2, 0.25) is 0 Å². The van der Waals surface area contributed by atoms with E-state index in [0.29, 0.717) is 0 Å². The van der Waals surface area contributed by atoms with Gasteiger partial charge in [0.1, 0.15) is 24.4 Å². The van der Waals surface area contributed by atoms with Crippen molar-refractivity contribution in [1.82, 2.24) is 0 Å². The van der Waals surface area contributed by atoms with Gasteiger partial charge in [0, 0.05) is 13.5 Å². The summed E-state index contributed by atoms with van der Waals surface area (Å²) < 4.78 is 229. The largest absolute Gasteiger partial charge is 0.397 e. The minimum absolute atomic E-state index is 0.201. The van der Waals surface area contributed by atoms with Gasteiger partial charge in [-0.05, 0) is 19.3 Å². The molecule has 14 atom stereocenters. The predicted octanol–water partition coefficient (Wildman–Crippen LogP) is -4.63. The molecule has 0 aliphatic carbocycles. The molecule has 4 saturated heterocycles. The van der Waals surface area contributed by atoms with Crippen molar-refractivity contribution in [3.05, 3.63) is 0 Å². The van der Waals surface area contributed by atoms with E-state index < -0.39 is 177 Å². The Morgan fingerprint density at radius 2 is 1.10 bits per heavy atom. The lowest BCUT2D eigenvalue weighted by molar-refractivity contribution is -0.327. The summed E-state index contributed by atoms with van der Waals surface area (Å²) in [6, 6.07) is -2.18. The van der Waals surface area contributed by atoms with E-state index in [-0.39, 0.29) is 12.8 Å². The van der Waals surface area contributed by atoms with Crippen molar-refractivity contribution in [3.8, 4) is 0 Å². The number of hydrogen-bond acceptors (Lipinski definition) is 25. The molecule has 0 amide bonds. The molecule has 9 N–H and O–H groups in total. The smallest absolute Gasteiger partial charge is 0.353 e. The van der Waals surface area contributed by atoms with Crippen molar-refractivity contribution >= 4 is 52.0 Å². The van der Waals surface area contributed by atoms with Crippen LogP contribution in [-0.2, 0) is 111 Å². The standard InChI is InChI=1S/C23H42N2O28S5/c1-41-23-19(53-58(38,39)40)18(52-57(35,36)37)17(8-43-23)50-21-13(25)5-14(16(49-21)9-45-55(29,30)31)48-22-15(51-56(32,33)34)4-11(6-42-22)47-20-12(24)3-2-10(46-20)7-44-54(26,27)28/h10-23H,2-9,24-25H2,1H3,(H,26,27,28)(H,29,30,31)(H,32,33,34)(H,35,36,37)(H,38,39,40)/t10?,11-,12?,13?,14-,15?,16?,17-,18?,19?,20+,21+,22-,23-/m0/s1. The molecule has 0 aromatic rings. The first kappa shape index (κ1) is 49.6. The lowest BCUT2D eigenvalue weighted by Crippen LogP contribution is -2.62. The Labute approximate surface area is 331 Å². The Bertz CT molecular complexity index is 1920. The molecule has 35 heteroatoms. The second-order valence-corrected chi connectivity index (χ2v) is 18.1. The minimum Gasteiger partial charge on any atom is -0.353 e. The third-order valence-corrected chi connectivity index (χ3v) is 10.7. The van der Waals surface area contributed by atoms with E-state index in [1.54, 1.807) is 0 Å². The van der Waals surface area contributed by atoms with Gasteiger partial charge in [-0.15, -0.1) is 0 Å². The maximum absolute atomic E-state index is 11.8. The molecule has 4 fully saturated rings. The third kappa shape index (κ3) is 16.3. The fourth-order valence-corrected chi connectivity index (χ4v) is 8.17. The Morgan fingerprint density at radius 1 is 0.552 bits per heavy atom. The van der Waals surface area contributed by atoms with E-state index >= 15 is 0 Å². The van der Waals surface area contributed by atoms with Crippen molar-refractivity contribution in [2.75, 3.05) is 33.5 Å². The highest BCUT2D eigenvalue weighted by Gasteiger charge is 2.51. The zero-order valence-corrected chi connectivity index (χ0v) is 33.6. The van der Waals surface area contributed by atoms with Crippen molar-refractivity contribution in [2.24, 2.45) is 11.5 Å². The van der Waals surface area contributed by atoms with Gasteiger partial charge >= 0.3 is 52.0 Å². The van der Waals surface area contributed by atoms with Crippen LogP contribution >= 0.6 is 0 Å². The van der Waals surface area contributed by atoms with Crippen LogP contribution in [0.3, 0.4) is 0 Å². The summed E-state index contributed by atoms with van der Waals surface area (Å²) in [5.41, 5.74) is 12.3. The second kappa shape index (κ2) is 20.0. The maximum Gasteiger partial charge on any atom is 0.397 e. The Morgan fingerprint density at radius 3 is 1.69 bits per heavy atom. The molecule has 30 nitrogen and oxygen atoms in total. The first-order valence-electron chi connectivity index (χ1n) is 16.3. The van der Waals surface area contributed by atoms with E-state index in [2.05, 4.69) is 16.7 Å². The molecule has 7 unspecified atom stereocenters. The summed E-state index contributed by atoms with van der Waals surface area (Å²) in [5.74, 6) is 0. The topological polar surface area (TPSA) is 444 Å². The number of nitrogens with two attached hydrogens (primary N) is 2. The summed E-state index contributed by atoms with van der Waals surface area (Å²) in [7, 11) is -25.1. The highest BCUT2D eigenvalue weighted by Crippen LogP contribution is 2.33. The van der Waals surface area contributed by atoms with Crippen LogP contribution in [-0.4, -0.2) is 184 Å². The van der Waals surface area contributed by atoms with Gasteiger partial charge in [-0.1, -0.05) is 0 Å². The van der Waals surface area contributed by atoms with Gasteiger partial charge in [0.2, 0.25) is 0 Å².